The number of hydrogen-bond donors (Lipinski definition) is 3. The standard InChI is InChI=1S/C28H30N2O6/c1-36-22-16-17(13-15-21(22)31)12-14-20-23-24(26(33)30(25(23)32)19-10-6-3-7-11-19)28(29-20,27(34)35)18-8-4-2-5-9-18/h2,4-5,8-9,12-16,19-20,23-24,29,31H,3,6-7,10-11H2,1H3,(H,34,35). The summed E-state index contributed by atoms with van der Waals surface area (Å²) in [6.07, 6.45) is 7.97. The lowest BCUT2D eigenvalue weighted by atomic mass is 9.76. The first-order valence-corrected chi connectivity index (χ1v) is 12.4. The molecule has 2 heterocycles. The topological polar surface area (TPSA) is 116 Å². The van der Waals surface area contributed by atoms with E-state index in [0.29, 0.717) is 16.9 Å². The molecule has 8 nitrogen and oxygen atoms in total. The van der Waals surface area contributed by atoms with Crippen LogP contribution in [0, 0.1) is 11.8 Å². The largest absolute Gasteiger partial charge is 0.504 e. The van der Waals surface area contributed by atoms with Crippen molar-refractivity contribution in [1.82, 2.24) is 10.2 Å². The van der Waals surface area contributed by atoms with Crippen LogP contribution in [-0.4, -0.2) is 52.1 Å². The fourth-order valence-electron chi connectivity index (χ4n) is 6.13. The second-order valence-electron chi connectivity index (χ2n) is 9.78. The fourth-order valence-corrected chi connectivity index (χ4v) is 6.13. The van der Waals surface area contributed by atoms with E-state index in [9.17, 15) is 24.6 Å². The smallest absolute Gasteiger partial charge is 0.329 e. The predicted octanol–water partition coefficient (Wildman–Crippen LogP) is 3.30. The molecule has 8 heteroatoms. The van der Waals surface area contributed by atoms with E-state index >= 15 is 0 Å². The summed E-state index contributed by atoms with van der Waals surface area (Å²) in [7, 11) is 1.45. The highest BCUT2D eigenvalue weighted by atomic mass is 16.5. The van der Waals surface area contributed by atoms with Crippen LogP contribution in [0.5, 0.6) is 11.5 Å². The van der Waals surface area contributed by atoms with Crippen molar-refractivity contribution in [2.75, 3.05) is 7.11 Å². The third-order valence-electron chi connectivity index (χ3n) is 7.84. The Hall–Kier alpha value is -3.65. The second kappa shape index (κ2) is 9.43. The Morgan fingerprint density at radius 2 is 1.81 bits per heavy atom. The van der Waals surface area contributed by atoms with Gasteiger partial charge in [0.05, 0.1) is 18.9 Å². The van der Waals surface area contributed by atoms with Gasteiger partial charge in [-0.15, -0.1) is 0 Å². The SMILES string of the molecule is COc1cc(C=CC2NC(C(=O)O)(c3ccccc3)C3C(=O)N(C4CCCCC4)C(=O)C23)ccc1O. The molecule has 5 rings (SSSR count). The number of imide groups is 1. The molecular weight excluding hydrogens is 460 g/mol. The maximum Gasteiger partial charge on any atom is 0.329 e. The van der Waals surface area contributed by atoms with Crippen molar-refractivity contribution in [3.05, 3.63) is 65.7 Å². The number of amides is 2. The average Bonchev–Trinajstić information content (AvgIpc) is 3.38. The number of methoxy groups -OCH3 is 1. The highest BCUT2D eigenvalue weighted by Gasteiger charge is 2.69. The Kier molecular flexibility index (Phi) is 6.30. The van der Waals surface area contributed by atoms with Crippen LogP contribution in [0.15, 0.2) is 54.6 Å². The van der Waals surface area contributed by atoms with Crippen molar-refractivity contribution in [3.8, 4) is 11.5 Å². The Balaban J connectivity index is 1.58. The van der Waals surface area contributed by atoms with Crippen LogP contribution >= 0.6 is 0 Å². The lowest BCUT2D eigenvalue weighted by Crippen LogP contribution is -2.55. The molecule has 0 spiro atoms. The highest BCUT2D eigenvalue weighted by Crippen LogP contribution is 2.50. The van der Waals surface area contributed by atoms with Crippen molar-refractivity contribution >= 4 is 23.9 Å². The molecule has 2 aromatic rings. The molecule has 1 aliphatic carbocycles. The molecule has 2 amide bonds. The van der Waals surface area contributed by atoms with Crippen molar-refractivity contribution in [2.24, 2.45) is 11.8 Å². The second-order valence-corrected chi connectivity index (χ2v) is 9.78. The Labute approximate surface area is 209 Å². The van der Waals surface area contributed by atoms with E-state index in [0.717, 1.165) is 32.1 Å². The Morgan fingerprint density at radius 1 is 1.08 bits per heavy atom. The Bertz CT molecular complexity index is 1210. The summed E-state index contributed by atoms with van der Waals surface area (Å²) in [5.41, 5.74) is -0.582. The first kappa shape index (κ1) is 24.1. The summed E-state index contributed by atoms with van der Waals surface area (Å²) >= 11 is 0. The summed E-state index contributed by atoms with van der Waals surface area (Å²) < 4.78 is 5.18. The number of hydrogen-bond acceptors (Lipinski definition) is 6. The van der Waals surface area contributed by atoms with Crippen molar-refractivity contribution < 1.29 is 29.3 Å². The number of carbonyl (C=O) groups is 3. The van der Waals surface area contributed by atoms with Gasteiger partial charge in [-0.3, -0.25) is 19.8 Å². The normalized spacial score (nSPS) is 28.6. The fraction of sp³-hybridized carbons (Fsp3) is 0.393. The number of fused-ring (bicyclic) bond motifs is 1. The van der Waals surface area contributed by atoms with Crippen molar-refractivity contribution in [2.45, 2.75) is 49.7 Å². The summed E-state index contributed by atoms with van der Waals surface area (Å²) in [5, 5.41) is 23.6. The van der Waals surface area contributed by atoms with Gasteiger partial charge >= 0.3 is 5.97 Å². The molecule has 3 N–H and O–H groups in total. The van der Waals surface area contributed by atoms with Crippen molar-refractivity contribution in [1.29, 1.82) is 0 Å². The van der Waals surface area contributed by atoms with Crippen LogP contribution in [0.25, 0.3) is 6.08 Å². The molecule has 4 unspecified atom stereocenters. The van der Waals surface area contributed by atoms with Crippen LogP contribution in [-0.2, 0) is 19.9 Å². The lowest BCUT2D eigenvalue weighted by molar-refractivity contribution is -0.153. The number of carbonyl (C=O) groups excluding carboxylic acids is 2. The van der Waals surface area contributed by atoms with E-state index in [1.54, 1.807) is 54.6 Å². The Morgan fingerprint density at radius 3 is 2.47 bits per heavy atom. The molecule has 188 valence electrons. The van der Waals surface area contributed by atoms with Crippen LogP contribution in [0.2, 0.25) is 0 Å². The molecule has 3 aliphatic rings. The molecule has 2 saturated heterocycles. The van der Waals surface area contributed by atoms with Gasteiger partial charge in [0.25, 0.3) is 0 Å². The molecular formula is C28H30N2O6. The number of aromatic hydroxyl groups is 1. The third kappa shape index (κ3) is 3.76. The van der Waals surface area contributed by atoms with Gasteiger partial charge in [-0.05, 0) is 36.1 Å². The van der Waals surface area contributed by atoms with Gasteiger partial charge in [-0.2, -0.15) is 0 Å². The van der Waals surface area contributed by atoms with E-state index < -0.39 is 35.3 Å². The highest BCUT2D eigenvalue weighted by molar-refractivity contribution is 6.10. The maximum atomic E-state index is 13.9. The minimum absolute atomic E-state index is 0.00219. The molecule has 0 radical (unpaired) electrons. The molecule has 3 fully saturated rings. The van der Waals surface area contributed by atoms with Crippen LogP contribution < -0.4 is 10.1 Å². The maximum absolute atomic E-state index is 13.9. The van der Waals surface area contributed by atoms with Gasteiger partial charge in [0, 0.05) is 12.1 Å². The first-order valence-electron chi connectivity index (χ1n) is 12.4. The molecule has 36 heavy (non-hydrogen) atoms. The predicted molar refractivity (Wildman–Crippen MR) is 132 cm³/mol. The van der Waals surface area contributed by atoms with E-state index in [-0.39, 0.29) is 17.7 Å². The van der Waals surface area contributed by atoms with Gasteiger partial charge in [-0.1, -0.05) is 67.8 Å². The van der Waals surface area contributed by atoms with E-state index in [2.05, 4.69) is 5.32 Å². The monoisotopic (exact) mass is 490 g/mol. The number of rotatable bonds is 6. The van der Waals surface area contributed by atoms with Gasteiger partial charge in [-0.25, -0.2) is 4.79 Å². The number of carboxylic acid groups (broad SMARTS) is 1. The summed E-state index contributed by atoms with van der Waals surface area (Å²) in [6.45, 7) is 0. The number of phenols is 1. The third-order valence-corrected chi connectivity index (χ3v) is 7.84. The number of aliphatic carboxylic acids is 1. The minimum atomic E-state index is -1.73. The zero-order valence-electron chi connectivity index (χ0n) is 20.1. The summed E-state index contributed by atoms with van der Waals surface area (Å²) in [4.78, 5) is 42.0. The number of nitrogens with one attached hydrogen (secondary N) is 1. The number of likely N-dealkylation sites (tertiary alicyclic amines) is 1. The molecule has 0 aromatic heterocycles. The van der Waals surface area contributed by atoms with Crippen LogP contribution in [0.4, 0.5) is 0 Å². The first-order chi connectivity index (χ1) is 17.4. The van der Waals surface area contributed by atoms with Crippen molar-refractivity contribution in [3.63, 3.8) is 0 Å². The van der Waals surface area contributed by atoms with E-state index in [4.69, 9.17) is 4.74 Å². The van der Waals surface area contributed by atoms with Gasteiger partial charge in [0.1, 0.15) is 0 Å². The lowest BCUT2D eigenvalue weighted by Gasteiger charge is -2.34. The van der Waals surface area contributed by atoms with Gasteiger partial charge in [0.15, 0.2) is 17.0 Å². The number of carboxylic acids is 1. The quantitative estimate of drug-likeness (QED) is 0.532. The number of phenolic OH excluding ortho intramolecular Hbond substituents is 1. The average molecular weight is 491 g/mol. The molecule has 4 atom stereocenters. The number of ether oxygens (including phenoxy) is 1. The molecule has 2 aliphatic heterocycles. The summed E-state index contributed by atoms with van der Waals surface area (Å²) in [6, 6.07) is 12.6. The van der Waals surface area contributed by atoms with E-state index in [1.807, 2.05) is 0 Å². The summed E-state index contributed by atoms with van der Waals surface area (Å²) in [5.74, 6) is -3.49. The molecule has 1 saturated carbocycles. The van der Waals surface area contributed by atoms with E-state index in [1.165, 1.54) is 18.1 Å². The van der Waals surface area contributed by atoms with Crippen LogP contribution in [0.3, 0.4) is 0 Å². The van der Waals surface area contributed by atoms with Gasteiger partial charge in [0.2, 0.25) is 11.8 Å². The molecule has 0 bridgehead atoms. The number of nitrogens with zero attached hydrogens (tertiary/aromatic N) is 1. The zero-order valence-corrected chi connectivity index (χ0v) is 20.1. The molecule has 2 aromatic carbocycles. The van der Waals surface area contributed by atoms with Gasteiger partial charge < -0.3 is 14.9 Å². The zero-order chi connectivity index (χ0) is 25.4. The minimum Gasteiger partial charge on any atom is -0.504 e. The van der Waals surface area contributed by atoms with Crippen LogP contribution in [0.1, 0.15) is 43.2 Å². The number of benzene rings is 2.